The first-order valence-electron chi connectivity index (χ1n) is 12.3. The molecule has 3 aliphatic rings. The summed E-state index contributed by atoms with van der Waals surface area (Å²) in [6.45, 7) is 5.17. The molecule has 7 nitrogen and oxygen atoms in total. The molecule has 7 heteroatoms. The van der Waals surface area contributed by atoms with Gasteiger partial charge in [0.15, 0.2) is 5.76 Å². The highest BCUT2D eigenvalue weighted by molar-refractivity contribution is 5.95. The van der Waals surface area contributed by atoms with Crippen molar-refractivity contribution in [1.82, 2.24) is 14.7 Å². The van der Waals surface area contributed by atoms with Gasteiger partial charge in [0.25, 0.3) is 11.8 Å². The van der Waals surface area contributed by atoms with Crippen molar-refractivity contribution in [2.24, 2.45) is 5.92 Å². The summed E-state index contributed by atoms with van der Waals surface area (Å²) in [6.07, 6.45) is 8.10. The quantitative estimate of drug-likeness (QED) is 0.696. The maximum absolute atomic E-state index is 12.9. The van der Waals surface area contributed by atoms with Gasteiger partial charge in [-0.25, -0.2) is 0 Å². The van der Waals surface area contributed by atoms with Gasteiger partial charge < -0.3 is 19.0 Å². The number of ether oxygens (including phenoxy) is 1. The molecule has 0 bridgehead atoms. The van der Waals surface area contributed by atoms with Gasteiger partial charge in [0.2, 0.25) is 0 Å². The van der Waals surface area contributed by atoms with Crippen molar-refractivity contribution in [2.45, 2.75) is 38.1 Å². The van der Waals surface area contributed by atoms with E-state index in [0.717, 1.165) is 24.9 Å². The van der Waals surface area contributed by atoms with E-state index in [1.165, 1.54) is 44.9 Å². The highest BCUT2D eigenvalue weighted by atomic mass is 16.5. The SMILES string of the molecule is O=C(c1ccc(OCC2CCC3CCCCN3C2)cc1)N1CCN(C(=O)c2ccco2)CC1. The van der Waals surface area contributed by atoms with E-state index in [1.54, 1.807) is 21.9 Å². The van der Waals surface area contributed by atoms with Crippen molar-refractivity contribution in [3.05, 3.63) is 54.0 Å². The molecule has 176 valence electrons. The van der Waals surface area contributed by atoms with E-state index in [1.807, 2.05) is 24.3 Å². The predicted octanol–water partition coefficient (Wildman–Crippen LogP) is 3.52. The standard InChI is InChI=1S/C26H33N3O4/c30-25(27-13-15-28(16-14-27)26(31)24-5-3-17-32-24)21-7-10-23(11-8-21)33-19-20-6-9-22-4-1-2-12-29(22)18-20/h3,5,7-8,10-11,17,20,22H,1-2,4,6,9,12-16,18-19H2. The summed E-state index contributed by atoms with van der Waals surface area (Å²) in [4.78, 5) is 31.5. The van der Waals surface area contributed by atoms with Crippen LogP contribution in [0.4, 0.5) is 0 Å². The molecule has 0 spiro atoms. The van der Waals surface area contributed by atoms with E-state index in [4.69, 9.17) is 9.15 Å². The van der Waals surface area contributed by atoms with Gasteiger partial charge in [-0.15, -0.1) is 0 Å². The lowest BCUT2D eigenvalue weighted by molar-refractivity contribution is 0.0518. The predicted molar refractivity (Wildman–Crippen MR) is 124 cm³/mol. The number of furan rings is 1. The Morgan fingerprint density at radius 3 is 2.36 bits per heavy atom. The van der Waals surface area contributed by atoms with E-state index in [2.05, 4.69) is 4.90 Å². The van der Waals surface area contributed by atoms with Crippen LogP contribution in [0.25, 0.3) is 0 Å². The molecule has 0 radical (unpaired) electrons. The highest BCUT2D eigenvalue weighted by Gasteiger charge is 2.30. The monoisotopic (exact) mass is 451 g/mol. The fourth-order valence-electron chi connectivity index (χ4n) is 5.37. The fraction of sp³-hybridized carbons (Fsp3) is 0.538. The molecule has 33 heavy (non-hydrogen) atoms. The number of carbonyl (C=O) groups excluding carboxylic acids is 2. The van der Waals surface area contributed by atoms with Crippen LogP contribution in [0.1, 0.15) is 53.0 Å². The van der Waals surface area contributed by atoms with Crippen molar-refractivity contribution in [3.63, 3.8) is 0 Å². The zero-order chi connectivity index (χ0) is 22.6. The first kappa shape index (κ1) is 22.0. The Labute approximate surface area is 195 Å². The molecule has 4 heterocycles. The van der Waals surface area contributed by atoms with E-state index in [0.29, 0.717) is 43.4 Å². The maximum atomic E-state index is 12.9. The van der Waals surface area contributed by atoms with Crippen LogP contribution < -0.4 is 4.74 Å². The smallest absolute Gasteiger partial charge is 0.289 e. The molecule has 2 atom stereocenters. The molecule has 1 aromatic carbocycles. The Morgan fingerprint density at radius 2 is 1.64 bits per heavy atom. The van der Waals surface area contributed by atoms with Crippen molar-refractivity contribution >= 4 is 11.8 Å². The Balaban J connectivity index is 1.09. The van der Waals surface area contributed by atoms with E-state index in [9.17, 15) is 9.59 Å². The second-order valence-corrected chi connectivity index (χ2v) is 9.49. The van der Waals surface area contributed by atoms with E-state index >= 15 is 0 Å². The average Bonchev–Trinajstić information content (AvgIpc) is 3.42. The average molecular weight is 452 g/mol. The molecule has 2 unspecified atom stereocenters. The molecule has 3 fully saturated rings. The summed E-state index contributed by atoms with van der Waals surface area (Å²) < 4.78 is 11.3. The van der Waals surface area contributed by atoms with Gasteiger partial charge in [-0.05, 0) is 68.6 Å². The summed E-state index contributed by atoms with van der Waals surface area (Å²) >= 11 is 0. The lowest BCUT2D eigenvalue weighted by Crippen LogP contribution is -2.50. The van der Waals surface area contributed by atoms with Gasteiger partial charge in [0.05, 0.1) is 12.9 Å². The Morgan fingerprint density at radius 1 is 0.879 bits per heavy atom. The minimum atomic E-state index is -0.123. The third-order valence-corrected chi connectivity index (χ3v) is 7.32. The number of hydrogen-bond acceptors (Lipinski definition) is 5. The molecule has 2 amide bonds. The maximum Gasteiger partial charge on any atom is 0.289 e. The lowest BCUT2D eigenvalue weighted by atomic mass is 9.88. The minimum absolute atomic E-state index is 0.00457. The van der Waals surface area contributed by atoms with Crippen molar-refractivity contribution in [1.29, 1.82) is 0 Å². The highest BCUT2D eigenvalue weighted by Crippen LogP contribution is 2.29. The topological polar surface area (TPSA) is 66.2 Å². The van der Waals surface area contributed by atoms with Crippen molar-refractivity contribution in [2.75, 3.05) is 45.9 Å². The van der Waals surface area contributed by atoms with Crippen LogP contribution in [-0.4, -0.2) is 78.4 Å². The number of amides is 2. The third kappa shape index (κ3) is 5.08. The molecule has 3 saturated heterocycles. The lowest BCUT2D eigenvalue weighted by Gasteiger charge is -2.42. The van der Waals surface area contributed by atoms with Gasteiger partial charge in [0.1, 0.15) is 5.75 Å². The van der Waals surface area contributed by atoms with Crippen molar-refractivity contribution in [3.8, 4) is 5.75 Å². The Kier molecular flexibility index (Phi) is 6.67. The van der Waals surface area contributed by atoms with E-state index < -0.39 is 0 Å². The van der Waals surface area contributed by atoms with Crippen LogP contribution in [0.5, 0.6) is 5.75 Å². The van der Waals surface area contributed by atoms with Gasteiger partial charge in [-0.3, -0.25) is 14.5 Å². The fourth-order valence-corrected chi connectivity index (χ4v) is 5.37. The van der Waals surface area contributed by atoms with Crippen LogP contribution in [0.2, 0.25) is 0 Å². The number of nitrogens with zero attached hydrogens (tertiary/aromatic N) is 3. The molecule has 2 aromatic rings. The van der Waals surface area contributed by atoms with Crippen LogP contribution in [-0.2, 0) is 0 Å². The molecule has 1 aromatic heterocycles. The van der Waals surface area contributed by atoms with Crippen LogP contribution >= 0.6 is 0 Å². The summed E-state index contributed by atoms with van der Waals surface area (Å²) in [5, 5.41) is 0. The Hall–Kier alpha value is -2.80. The first-order chi connectivity index (χ1) is 16.2. The second-order valence-electron chi connectivity index (χ2n) is 9.49. The van der Waals surface area contributed by atoms with Gasteiger partial charge in [0, 0.05) is 50.2 Å². The minimum Gasteiger partial charge on any atom is -0.493 e. The number of fused-ring (bicyclic) bond motifs is 1. The summed E-state index contributed by atoms with van der Waals surface area (Å²) in [5.74, 6) is 1.62. The second kappa shape index (κ2) is 10.00. The molecular weight excluding hydrogens is 418 g/mol. The number of benzene rings is 1. The number of piperazine rings is 1. The van der Waals surface area contributed by atoms with Crippen LogP contribution in [0, 0.1) is 5.92 Å². The number of rotatable bonds is 5. The number of hydrogen-bond donors (Lipinski definition) is 0. The normalized spacial score (nSPS) is 23.8. The van der Waals surface area contributed by atoms with Crippen molar-refractivity contribution < 1.29 is 18.7 Å². The number of piperidine rings is 2. The van der Waals surface area contributed by atoms with Gasteiger partial charge in [-0.1, -0.05) is 6.42 Å². The summed E-state index contributed by atoms with van der Waals surface area (Å²) in [6, 6.07) is 11.7. The summed E-state index contributed by atoms with van der Waals surface area (Å²) in [5.41, 5.74) is 0.655. The largest absolute Gasteiger partial charge is 0.493 e. The molecule has 0 saturated carbocycles. The Bertz CT molecular complexity index is 935. The molecule has 0 aliphatic carbocycles. The van der Waals surface area contributed by atoms with Gasteiger partial charge >= 0.3 is 0 Å². The third-order valence-electron chi connectivity index (χ3n) is 7.32. The molecule has 3 aliphatic heterocycles. The molecule has 5 rings (SSSR count). The zero-order valence-electron chi connectivity index (χ0n) is 19.2. The molecular formula is C26H33N3O4. The first-order valence-corrected chi connectivity index (χ1v) is 12.3. The number of carbonyl (C=O) groups is 2. The van der Waals surface area contributed by atoms with Crippen LogP contribution in [0.3, 0.4) is 0 Å². The van der Waals surface area contributed by atoms with E-state index in [-0.39, 0.29) is 11.8 Å². The summed E-state index contributed by atoms with van der Waals surface area (Å²) in [7, 11) is 0. The van der Waals surface area contributed by atoms with Gasteiger partial charge in [-0.2, -0.15) is 0 Å². The molecule has 0 N–H and O–H groups in total. The van der Waals surface area contributed by atoms with Crippen LogP contribution in [0.15, 0.2) is 47.1 Å². The zero-order valence-corrected chi connectivity index (χ0v) is 19.2.